The molecule has 8 nitrogen and oxygen atoms in total. The first kappa shape index (κ1) is 20.0. The molecule has 4 rings (SSSR count). The third-order valence-electron chi connectivity index (χ3n) is 4.66. The number of anilines is 1. The van der Waals surface area contributed by atoms with Crippen LogP contribution in [0, 0.1) is 0 Å². The molecule has 3 aromatic rings. The molecule has 0 aliphatic heterocycles. The van der Waals surface area contributed by atoms with Crippen LogP contribution in [-0.2, 0) is 4.74 Å². The average Bonchev–Trinajstić information content (AvgIpc) is 3.54. The first-order valence-electron chi connectivity index (χ1n) is 10.1. The molecule has 0 unspecified atom stereocenters. The van der Waals surface area contributed by atoms with Gasteiger partial charge < -0.3 is 20.5 Å². The molecule has 1 aliphatic rings. The number of benzene rings is 1. The number of carbonyl (C=O) groups excluding carboxylic acids is 1. The number of aromatic nitrogens is 3. The van der Waals surface area contributed by atoms with Crippen molar-refractivity contribution in [1.29, 1.82) is 0 Å². The largest absolute Gasteiger partial charge is 0.474 e. The van der Waals surface area contributed by atoms with Crippen molar-refractivity contribution in [3.8, 4) is 17.1 Å². The Morgan fingerprint density at radius 1 is 1.10 bits per heavy atom. The van der Waals surface area contributed by atoms with Gasteiger partial charge in [0.05, 0.1) is 23.9 Å². The van der Waals surface area contributed by atoms with Crippen LogP contribution >= 0.6 is 0 Å². The van der Waals surface area contributed by atoms with E-state index in [1.54, 1.807) is 12.1 Å². The lowest BCUT2D eigenvalue weighted by atomic mass is 10.1. The van der Waals surface area contributed by atoms with Gasteiger partial charge in [0.15, 0.2) is 5.52 Å². The van der Waals surface area contributed by atoms with Crippen LogP contribution in [0.1, 0.15) is 37.0 Å². The number of nitrogens with zero attached hydrogens (tertiary/aromatic N) is 3. The van der Waals surface area contributed by atoms with Gasteiger partial charge in [0.25, 0.3) is 5.91 Å². The predicted octanol–water partition coefficient (Wildman–Crippen LogP) is 2.97. The van der Waals surface area contributed by atoms with Crippen molar-refractivity contribution in [1.82, 2.24) is 20.3 Å². The summed E-state index contributed by atoms with van der Waals surface area (Å²) in [5.74, 6) is 0.411. The van der Waals surface area contributed by atoms with Gasteiger partial charge in [-0.1, -0.05) is 12.1 Å². The van der Waals surface area contributed by atoms with E-state index >= 15 is 0 Å². The fraction of sp³-hybridized carbons (Fsp3) is 0.364. The normalized spacial score (nSPS) is 13.6. The van der Waals surface area contributed by atoms with Crippen molar-refractivity contribution in [2.45, 2.75) is 38.8 Å². The van der Waals surface area contributed by atoms with Crippen molar-refractivity contribution in [2.24, 2.45) is 0 Å². The van der Waals surface area contributed by atoms with Gasteiger partial charge >= 0.3 is 0 Å². The zero-order valence-electron chi connectivity index (χ0n) is 17.1. The molecular weight excluding hydrogens is 382 g/mol. The summed E-state index contributed by atoms with van der Waals surface area (Å²) in [4.78, 5) is 25.3. The van der Waals surface area contributed by atoms with Crippen LogP contribution in [0.4, 0.5) is 5.95 Å². The quantitative estimate of drug-likeness (QED) is 0.552. The van der Waals surface area contributed by atoms with Gasteiger partial charge in [-0.15, -0.1) is 0 Å². The van der Waals surface area contributed by atoms with E-state index in [0.717, 1.165) is 24.1 Å². The van der Waals surface area contributed by atoms with E-state index in [4.69, 9.17) is 15.2 Å². The average molecular weight is 407 g/mol. The highest BCUT2D eigenvalue weighted by Crippen LogP contribution is 2.26. The number of rotatable bonds is 8. The molecule has 156 valence electrons. The molecular formula is C22H25N5O3. The van der Waals surface area contributed by atoms with Crippen LogP contribution < -0.4 is 15.8 Å². The summed E-state index contributed by atoms with van der Waals surface area (Å²) < 4.78 is 11.3. The SMILES string of the molecule is CC(C)OCCOc1nc(N)nc2ccc(-c3ccc(C(=O)NC4CC4)cc3)nc12. The van der Waals surface area contributed by atoms with E-state index < -0.39 is 0 Å². The highest BCUT2D eigenvalue weighted by Gasteiger charge is 2.23. The minimum atomic E-state index is -0.0429. The molecule has 1 aliphatic carbocycles. The molecule has 0 spiro atoms. The van der Waals surface area contributed by atoms with E-state index in [9.17, 15) is 4.79 Å². The summed E-state index contributed by atoms with van der Waals surface area (Å²) in [6.07, 6.45) is 2.25. The summed E-state index contributed by atoms with van der Waals surface area (Å²) in [6, 6.07) is 11.4. The number of fused-ring (bicyclic) bond motifs is 1. The highest BCUT2D eigenvalue weighted by molar-refractivity contribution is 5.95. The van der Waals surface area contributed by atoms with Gasteiger partial charge in [0, 0.05) is 17.2 Å². The highest BCUT2D eigenvalue weighted by atomic mass is 16.5. The Kier molecular flexibility index (Phi) is 5.76. The molecule has 1 amide bonds. The van der Waals surface area contributed by atoms with Crippen LogP contribution in [0.25, 0.3) is 22.3 Å². The van der Waals surface area contributed by atoms with E-state index in [1.807, 2.05) is 38.1 Å². The summed E-state index contributed by atoms with van der Waals surface area (Å²) in [5, 5.41) is 2.99. The second-order valence-electron chi connectivity index (χ2n) is 7.54. The molecule has 2 aromatic heterocycles. The maximum atomic E-state index is 12.2. The van der Waals surface area contributed by atoms with Crippen molar-refractivity contribution < 1.29 is 14.3 Å². The van der Waals surface area contributed by atoms with Gasteiger partial charge in [0.2, 0.25) is 11.8 Å². The minimum Gasteiger partial charge on any atom is -0.474 e. The standard InChI is InChI=1S/C22H25N5O3/c1-13(2)29-11-12-30-21-19-18(26-22(23)27-21)10-9-17(25-19)14-3-5-15(6-4-14)20(28)24-16-7-8-16/h3-6,9-10,13,16H,7-8,11-12H2,1-2H3,(H,24,28)(H2,23,26,27). The number of carbonyl (C=O) groups is 1. The summed E-state index contributed by atoms with van der Waals surface area (Å²) in [6.45, 7) is 4.70. The van der Waals surface area contributed by atoms with Crippen molar-refractivity contribution in [2.75, 3.05) is 18.9 Å². The Balaban J connectivity index is 1.56. The topological polar surface area (TPSA) is 112 Å². The molecule has 1 fully saturated rings. The first-order chi connectivity index (χ1) is 14.5. The molecule has 3 N–H and O–H groups in total. The fourth-order valence-electron chi connectivity index (χ4n) is 2.98. The zero-order valence-corrected chi connectivity index (χ0v) is 17.1. The third-order valence-corrected chi connectivity index (χ3v) is 4.66. The Morgan fingerprint density at radius 3 is 2.57 bits per heavy atom. The minimum absolute atomic E-state index is 0.0429. The van der Waals surface area contributed by atoms with E-state index in [1.165, 1.54) is 0 Å². The smallest absolute Gasteiger partial charge is 0.251 e. The molecule has 1 saturated carbocycles. The lowest BCUT2D eigenvalue weighted by Gasteiger charge is -2.11. The number of pyridine rings is 1. The van der Waals surface area contributed by atoms with Gasteiger partial charge in [-0.2, -0.15) is 4.98 Å². The number of amides is 1. The number of hydrogen-bond acceptors (Lipinski definition) is 7. The number of nitrogens with one attached hydrogen (secondary N) is 1. The van der Waals surface area contributed by atoms with Crippen LogP contribution in [0.5, 0.6) is 5.88 Å². The first-order valence-corrected chi connectivity index (χ1v) is 10.1. The summed E-state index contributed by atoms with van der Waals surface area (Å²) in [7, 11) is 0. The van der Waals surface area contributed by atoms with E-state index in [-0.39, 0.29) is 18.0 Å². The van der Waals surface area contributed by atoms with Crippen LogP contribution in [-0.4, -0.2) is 46.2 Å². The predicted molar refractivity (Wildman–Crippen MR) is 114 cm³/mol. The van der Waals surface area contributed by atoms with Crippen molar-refractivity contribution in [3.05, 3.63) is 42.0 Å². The third kappa shape index (κ3) is 4.83. The second-order valence-corrected chi connectivity index (χ2v) is 7.54. The molecule has 30 heavy (non-hydrogen) atoms. The number of nitrogen functional groups attached to an aromatic ring is 1. The van der Waals surface area contributed by atoms with E-state index in [0.29, 0.717) is 41.7 Å². The second kappa shape index (κ2) is 8.62. The van der Waals surface area contributed by atoms with Gasteiger partial charge in [0.1, 0.15) is 6.61 Å². The molecule has 1 aromatic carbocycles. The molecule has 0 atom stereocenters. The van der Waals surface area contributed by atoms with Gasteiger partial charge in [-0.25, -0.2) is 9.97 Å². The number of nitrogens with two attached hydrogens (primary N) is 1. The summed E-state index contributed by atoms with van der Waals surface area (Å²) in [5.41, 5.74) is 9.19. The maximum absolute atomic E-state index is 12.2. The Bertz CT molecular complexity index is 1050. The zero-order chi connectivity index (χ0) is 21.1. The van der Waals surface area contributed by atoms with E-state index in [2.05, 4.69) is 20.3 Å². The van der Waals surface area contributed by atoms with Crippen molar-refractivity contribution in [3.63, 3.8) is 0 Å². The number of hydrogen-bond donors (Lipinski definition) is 2. The van der Waals surface area contributed by atoms with Crippen LogP contribution in [0.3, 0.4) is 0 Å². The molecule has 8 heteroatoms. The maximum Gasteiger partial charge on any atom is 0.251 e. The fourth-order valence-corrected chi connectivity index (χ4v) is 2.98. The molecule has 0 radical (unpaired) electrons. The Morgan fingerprint density at radius 2 is 1.87 bits per heavy atom. The molecule has 0 saturated heterocycles. The van der Waals surface area contributed by atoms with Crippen LogP contribution in [0.2, 0.25) is 0 Å². The van der Waals surface area contributed by atoms with Gasteiger partial charge in [-0.05, 0) is 51.0 Å². The monoisotopic (exact) mass is 407 g/mol. The Hall–Kier alpha value is -3.26. The molecule has 2 heterocycles. The lowest BCUT2D eigenvalue weighted by Crippen LogP contribution is -2.25. The lowest BCUT2D eigenvalue weighted by molar-refractivity contribution is 0.0546. The molecule has 0 bridgehead atoms. The Labute approximate surface area is 174 Å². The van der Waals surface area contributed by atoms with Crippen LogP contribution in [0.15, 0.2) is 36.4 Å². The summed E-state index contributed by atoms with van der Waals surface area (Å²) >= 11 is 0. The number of ether oxygens (including phenoxy) is 2. The van der Waals surface area contributed by atoms with Gasteiger partial charge in [-0.3, -0.25) is 4.79 Å². The van der Waals surface area contributed by atoms with Crippen molar-refractivity contribution >= 4 is 22.9 Å².